The smallest absolute Gasteiger partial charge is 0.327 e. The molecule has 0 spiro atoms. The number of hydrogen-bond donors (Lipinski definition) is 3. The molecular weight excluding hydrogens is 480 g/mol. The van der Waals surface area contributed by atoms with Crippen LogP contribution >= 0.6 is 0 Å². The predicted molar refractivity (Wildman–Crippen MR) is 123 cm³/mol. The maximum atomic E-state index is 13.5. The molecule has 1 fully saturated rings. The first-order chi connectivity index (χ1) is 14.9. The average molecular weight is 512 g/mol. The van der Waals surface area contributed by atoms with Gasteiger partial charge in [0.05, 0.1) is 22.5 Å². The molecule has 1 aromatic heterocycles. The van der Waals surface area contributed by atoms with Gasteiger partial charge in [-0.3, -0.25) is 13.8 Å². The largest absolute Gasteiger partial charge is 0.394 e. The van der Waals surface area contributed by atoms with Gasteiger partial charge in [0.25, 0.3) is 0 Å². The zero-order chi connectivity index (χ0) is 25.2. The van der Waals surface area contributed by atoms with E-state index in [9.17, 15) is 17.2 Å². The van der Waals surface area contributed by atoms with Gasteiger partial charge < -0.3 is 4.57 Å². The summed E-state index contributed by atoms with van der Waals surface area (Å²) < 4.78 is 87.0. The summed E-state index contributed by atoms with van der Waals surface area (Å²) in [5, 5.41) is 0. The second-order valence-corrected chi connectivity index (χ2v) is 12.2. The Kier molecular flexibility index (Phi) is 8.14. The number of rotatable bonds is 5. The molecule has 2 aromatic rings. The number of alkyl halides is 2. The quantitative estimate of drug-likeness (QED) is 0.510. The van der Waals surface area contributed by atoms with Crippen LogP contribution in [0.4, 0.5) is 14.5 Å². The molecule has 1 aromatic carbocycles. The average Bonchev–Trinajstić information content (AvgIpc) is 3.00. The SMILES string of the molecule is CCS(=O)(=O)Nc1ccc2c(c1)nc(C(C)(C)C)n2CC1CCC(F)(F)CC1.O=S(=O)(O)O. The minimum absolute atomic E-state index is 0.000960. The molecule has 1 saturated carbocycles. The summed E-state index contributed by atoms with van der Waals surface area (Å²) in [6.45, 7) is 8.45. The third-order valence-corrected chi connectivity index (χ3v) is 6.66. The highest BCUT2D eigenvalue weighted by Crippen LogP contribution is 2.38. The molecule has 1 aliphatic carbocycles. The van der Waals surface area contributed by atoms with Gasteiger partial charge in [-0.25, -0.2) is 22.2 Å². The van der Waals surface area contributed by atoms with Crippen LogP contribution in [0.1, 0.15) is 59.2 Å². The van der Waals surface area contributed by atoms with E-state index in [1.807, 2.05) is 6.07 Å². The van der Waals surface area contributed by atoms with Crippen LogP contribution < -0.4 is 4.72 Å². The van der Waals surface area contributed by atoms with E-state index in [-0.39, 0.29) is 29.9 Å². The summed E-state index contributed by atoms with van der Waals surface area (Å²) in [4.78, 5) is 4.77. The molecule has 0 aliphatic heterocycles. The fourth-order valence-electron chi connectivity index (χ4n) is 3.74. The van der Waals surface area contributed by atoms with Crippen molar-refractivity contribution >= 4 is 37.1 Å². The standard InChI is InChI=1S/C20H29F2N3O2S.H2O4S/c1-5-28(26,27)24-15-6-7-17-16(12-15)23-18(19(2,3)4)25(17)13-14-8-10-20(21,22)11-9-14;1-5(2,3)4/h6-7,12,14,24H,5,8-11,13H2,1-4H3;(H2,1,2,3,4). The van der Waals surface area contributed by atoms with E-state index in [2.05, 4.69) is 30.1 Å². The van der Waals surface area contributed by atoms with Crippen molar-refractivity contribution in [2.24, 2.45) is 5.92 Å². The highest BCUT2D eigenvalue weighted by atomic mass is 32.3. The Morgan fingerprint density at radius 2 is 1.70 bits per heavy atom. The van der Waals surface area contributed by atoms with E-state index >= 15 is 0 Å². The zero-order valence-corrected chi connectivity index (χ0v) is 20.7. The normalized spacial score (nSPS) is 17.5. The van der Waals surface area contributed by atoms with Crippen molar-refractivity contribution in [3.05, 3.63) is 24.0 Å². The molecule has 1 aliphatic rings. The lowest BCUT2D eigenvalue weighted by Crippen LogP contribution is -2.28. The fourth-order valence-corrected chi connectivity index (χ4v) is 4.37. The van der Waals surface area contributed by atoms with Gasteiger partial charge in [0.2, 0.25) is 15.9 Å². The van der Waals surface area contributed by atoms with Gasteiger partial charge in [0.15, 0.2) is 0 Å². The molecule has 1 heterocycles. The lowest BCUT2D eigenvalue weighted by atomic mass is 9.86. The van der Waals surface area contributed by atoms with E-state index in [1.165, 1.54) is 0 Å². The summed E-state index contributed by atoms with van der Waals surface area (Å²) in [5.41, 5.74) is 1.88. The molecule has 0 atom stereocenters. The molecule has 0 bridgehead atoms. The van der Waals surface area contributed by atoms with E-state index < -0.39 is 26.3 Å². The molecule has 33 heavy (non-hydrogen) atoms. The molecule has 0 radical (unpaired) electrons. The zero-order valence-electron chi connectivity index (χ0n) is 19.0. The van der Waals surface area contributed by atoms with Crippen LogP contribution in [0.3, 0.4) is 0 Å². The summed E-state index contributed by atoms with van der Waals surface area (Å²) in [7, 11) is -8.03. The first-order valence-corrected chi connectivity index (χ1v) is 13.5. The van der Waals surface area contributed by atoms with E-state index in [0.29, 0.717) is 30.6 Å². The van der Waals surface area contributed by atoms with E-state index in [4.69, 9.17) is 22.5 Å². The molecule has 0 unspecified atom stereocenters. The monoisotopic (exact) mass is 511 g/mol. The molecule has 0 amide bonds. The number of anilines is 1. The molecule has 0 saturated heterocycles. The third-order valence-electron chi connectivity index (χ3n) is 5.35. The van der Waals surface area contributed by atoms with E-state index in [0.717, 1.165) is 11.3 Å². The van der Waals surface area contributed by atoms with Crippen molar-refractivity contribution in [3.63, 3.8) is 0 Å². The van der Waals surface area contributed by atoms with Crippen LogP contribution in [0, 0.1) is 5.92 Å². The number of hydrogen-bond acceptors (Lipinski definition) is 5. The summed E-state index contributed by atoms with van der Waals surface area (Å²) in [5.74, 6) is -1.46. The van der Waals surface area contributed by atoms with Crippen LogP contribution in [0.15, 0.2) is 18.2 Å². The molecule has 3 rings (SSSR count). The number of nitrogens with zero attached hydrogens (tertiary/aromatic N) is 2. The molecular formula is C20H31F2N3O6S2. The number of aromatic nitrogens is 2. The maximum Gasteiger partial charge on any atom is 0.394 e. The number of benzene rings is 1. The number of nitrogens with one attached hydrogen (secondary N) is 1. The number of imidazole rings is 1. The first kappa shape index (κ1) is 27.4. The van der Waals surface area contributed by atoms with Crippen LogP contribution in [-0.4, -0.2) is 47.2 Å². The Balaban J connectivity index is 0.000000696. The van der Waals surface area contributed by atoms with Crippen LogP contribution in [0.2, 0.25) is 0 Å². The van der Waals surface area contributed by atoms with Crippen molar-refractivity contribution in [2.45, 2.75) is 71.3 Å². The van der Waals surface area contributed by atoms with Crippen molar-refractivity contribution in [1.29, 1.82) is 0 Å². The lowest BCUT2D eigenvalue weighted by Gasteiger charge is -2.30. The minimum Gasteiger partial charge on any atom is -0.327 e. The predicted octanol–water partition coefficient (Wildman–Crippen LogP) is 4.27. The Labute approximate surface area is 193 Å². The van der Waals surface area contributed by atoms with Gasteiger partial charge in [-0.05, 0) is 43.9 Å². The highest BCUT2D eigenvalue weighted by Gasteiger charge is 2.35. The Bertz CT molecular complexity index is 1170. The Morgan fingerprint density at radius 1 is 1.15 bits per heavy atom. The molecule has 13 heteroatoms. The van der Waals surface area contributed by atoms with Gasteiger partial charge in [-0.2, -0.15) is 8.42 Å². The fraction of sp³-hybridized carbons (Fsp3) is 0.650. The van der Waals surface area contributed by atoms with Gasteiger partial charge in [-0.15, -0.1) is 0 Å². The lowest BCUT2D eigenvalue weighted by molar-refractivity contribution is -0.0473. The molecule has 3 N–H and O–H groups in total. The number of fused-ring (bicyclic) bond motifs is 1. The molecule has 188 valence electrons. The third kappa shape index (κ3) is 8.47. The van der Waals surface area contributed by atoms with Gasteiger partial charge in [-0.1, -0.05) is 20.8 Å². The summed E-state index contributed by atoms with van der Waals surface area (Å²) in [6.07, 6.45) is 0.894. The number of sulfonamides is 1. The Morgan fingerprint density at radius 3 is 2.18 bits per heavy atom. The first-order valence-electron chi connectivity index (χ1n) is 10.5. The number of halogens is 2. The molecule has 9 nitrogen and oxygen atoms in total. The van der Waals surface area contributed by atoms with Crippen molar-refractivity contribution in [3.8, 4) is 0 Å². The second-order valence-electron chi connectivity index (χ2n) is 9.25. The Hall–Kier alpha value is -1.83. The van der Waals surface area contributed by atoms with Crippen LogP contribution in [0.5, 0.6) is 0 Å². The van der Waals surface area contributed by atoms with E-state index in [1.54, 1.807) is 19.1 Å². The minimum atomic E-state index is -4.67. The summed E-state index contributed by atoms with van der Waals surface area (Å²) in [6, 6.07) is 5.33. The topological polar surface area (TPSA) is 139 Å². The van der Waals surface area contributed by atoms with Crippen molar-refractivity contribution in [1.82, 2.24) is 9.55 Å². The highest BCUT2D eigenvalue weighted by molar-refractivity contribution is 7.92. The van der Waals surface area contributed by atoms with Gasteiger partial charge in [0.1, 0.15) is 5.82 Å². The second kappa shape index (κ2) is 9.80. The summed E-state index contributed by atoms with van der Waals surface area (Å²) >= 11 is 0. The van der Waals surface area contributed by atoms with Crippen molar-refractivity contribution < 1.29 is 34.7 Å². The van der Waals surface area contributed by atoms with Crippen LogP contribution in [-0.2, 0) is 32.4 Å². The van der Waals surface area contributed by atoms with Crippen LogP contribution in [0.25, 0.3) is 11.0 Å². The van der Waals surface area contributed by atoms with Gasteiger partial charge >= 0.3 is 10.4 Å². The van der Waals surface area contributed by atoms with Crippen molar-refractivity contribution in [2.75, 3.05) is 10.5 Å². The van der Waals surface area contributed by atoms with Gasteiger partial charge in [0, 0.05) is 24.8 Å². The maximum absolute atomic E-state index is 13.5.